The zero-order valence-electron chi connectivity index (χ0n) is 15.6. The van der Waals surface area contributed by atoms with Crippen LogP contribution >= 0.6 is 0 Å². The number of nitro benzene ring substituents is 2. The van der Waals surface area contributed by atoms with E-state index in [4.69, 9.17) is 9.47 Å². The number of ether oxygens (including phenoxy) is 2. The van der Waals surface area contributed by atoms with Gasteiger partial charge < -0.3 is 14.6 Å². The monoisotopic (exact) mass is 418 g/mol. The largest absolute Gasteiger partial charge is 0.461 e. The summed E-state index contributed by atoms with van der Waals surface area (Å²) in [4.78, 5) is 43.6. The number of hydrogen-bond donors (Lipinski definition) is 1. The van der Waals surface area contributed by atoms with Crippen molar-refractivity contribution in [2.45, 2.75) is 32.2 Å². The minimum atomic E-state index is -1.31. The molecule has 0 saturated carbocycles. The molecule has 0 aliphatic heterocycles. The Labute approximate surface area is 170 Å². The Hall–Kier alpha value is -3.86. The number of aliphatic hydroxyl groups excluding tert-OH is 1. The van der Waals surface area contributed by atoms with Crippen molar-refractivity contribution < 1.29 is 34.0 Å². The molecule has 0 heterocycles. The molecule has 2 aromatic rings. The van der Waals surface area contributed by atoms with Gasteiger partial charge in [0.15, 0.2) is 0 Å². The van der Waals surface area contributed by atoms with Gasteiger partial charge in [-0.1, -0.05) is 0 Å². The number of benzene rings is 2. The molecule has 0 saturated heterocycles. The van der Waals surface area contributed by atoms with Gasteiger partial charge in [-0.3, -0.25) is 29.8 Å². The van der Waals surface area contributed by atoms with Gasteiger partial charge in [0.2, 0.25) is 0 Å². The van der Waals surface area contributed by atoms with E-state index in [9.17, 15) is 34.9 Å². The molecular formula is C19H18N2O9. The first-order valence-corrected chi connectivity index (χ1v) is 8.70. The Morgan fingerprint density at radius 2 is 1.10 bits per heavy atom. The molecule has 0 radical (unpaired) electrons. The van der Waals surface area contributed by atoms with Crippen LogP contribution in [0.25, 0.3) is 0 Å². The molecular weight excluding hydrogens is 400 g/mol. The first kappa shape index (κ1) is 22.4. The predicted octanol–water partition coefficient (Wildman–Crippen LogP) is 2.43. The number of hydrogen-bond acceptors (Lipinski definition) is 9. The number of nitro groups is 2. The molecule has 0 aromatic heterocycles. The van der Waals surface area contributed by atoms with Gasteiger partial charge in [0.1, 0.15) is 13.2 Å². The number of nitrogens with zero attached hydrogens (tertiary/aromatic N) is 2. The lowest BCUT2D eigenvalue weighted by Crippen LogP contribution is -2.20. The average Bonchev–Trinajstić information content (AvgIpc) is 2.71. The molecule has 11 heteroatoms. The summed E-state index contributed by atoms with van der Waals surface area (Å²) >= 11 is 0. The van der Waals surface area contributed by atoms with E-state index in [-0.39, 0.29) is 24.6 Å². The van der Waals surface area contributed by atoms with Gasteiger partial charge in [-0.25, -0.2) is 0 Å². The number of carbonyl (C=O) groups excluding carboxylic acids is 2. The molecule has 0 unspecified atom stereocenters. The van der Waals surface area contributed by atoms with Gasteiger partial charge in [0.05, 0.1) is 28.8 Å². The molecule has 2 aromatic carbocycles. The Bertz CT molecular complexity index is 835. The van der Waals surface area contributed by atoms with E-state index in [0.29, 0.717) is 11.1 Å². The summed E-state index contributed by atoms with van der Waals surface area (Å²) in [5.74, 6) is -1.49. The van der Waals surface area contributed by atoms with E-state index in [1.807, 2.05) is 0 Å². The molecule has 11 nitrogen and oxygen atoms in total. The van der Waals surface area contributed by atoms with E-state index < -0.39 is 40.7 Å². The maximum absolute atomic E-state index is 11.8. The summed E-state index contributed by atoms with van der Waals surface area (Å²) in [5, 5.41) is 31.0. The van der Waals surface area contributed by atoms with Gasteiger partial charge in [0.25, 0.3) is 11.4 Å². The Balaban J connectivity index is 1.70. The zero-order chi connectivity index (χ0) is 22.1. The lowest BCUT2D eigenvalue weighted by Gasteiger charge is -2.11. The first-order valence-electron chi connectivity index (χ1n) is 8.70. The van der Waals surface area contributed by atoms with Gasteiger partial charge >= 0.3 is 11.9 Å². The van der Waals surface area contributed by atoms with Gasteiger partial charge in [-0.2, -0.15) is 0 Å². The van der Waals surface area contributed by atoms with Crippen molar-refractivity contribution in [3.8, 4) is 0 Å². The molecule has 0 atom stereocenters. The maximum Gasteiger partial charge on any atom is 0.308 e. The highest BCUT2D eigenvalue weighted by molar-refractivity contribution is 5.73. The number of rotatable bonds is 10. The number of aliphatic hydroxyl groups is 1. The van der Waals surface area contributed by atoms with Crippen LogP contribution < -0.4 is 0 Å². The lowest BCUT2D eigenvalue weighted by molar-refractivity contribution is -0.385. The quantitative estimate of drug-likeness (QED) is 0.347. The third-order valence-corrected chi connectivity index (χ3v) is 3.90. The molecule has 2 rings (SSSR count). The highest BCUT2D eigenvalue weighted by Gasteiger charge is 2.17. The normalized spacial score (nSPS) is 10.5. The molecule has 0 aliphatic carbocycles. The fraction of sp³-hybridized carbons (Fsp3) is 0.263. The smallest absolute Gasteiger partial charge is 0.308 e. The van der Waals surface area contributed by atoms with E-state index in [0.717, 1.165) is 0 Å². The zero-order valence-corrected chi connectivity index (χ0v) is 15.6. The van der Waals surface area contributed by atoms with Crippen molar-refractivity contribution in [3.63, 3.8) is 0 Å². The molecule has 0 aliphatic rings. The second-order valence-corrected chi connectivity index (χ2v) is 6.23. The Morgan fingerprint density at radius 3 is 1.40 bits per heavy atom. The first-order chi connectivity index (χ1) is 14.2. The minimum Gasteiger partial charge on any atom is -0.461 e. The van der Waals surface area contributed by atoms with E-state index in [2.05, 4.69) is 0 Å². The topological polar surface area (TPSA) is 159 Å². The van der Waals surface area contributed by atoms with E-state index in [1.165, 1.54) is 48.5 Å². The Kier molecular flexibility index (Phi) is 7.94. The van der Waals surface area contributed by atoms with Crippen LogP contribution in [0, 0.1) is 20.2 Å². The summed E-state index contributed by atoms with van der Waals surface area (Å²) in [6.07, 6.45) is -2.17. The third-order valence-electron chi connectivity index (χ3n) is 3.90. The summed E-state index contributed by atoms with van der Waals surface area (Å²) in [7, 11) is 0. The summed E-state index contributed by atoms with van der Waals surface area (Å²) < 4.78 is 9.93. The van der Waals surface area contributed by atoms with Crippen LogP contribution in [-0.4, -0.2) is 33.0 Å². The highest BCUT2D eigenvalue weighted by Crippen LogP contribution is 2.14. The van der Waals surface area contributed by atoms with E-state index >= 15 is 0 Å². The van der Waals surface area contributed by atoms with Crippen LogP contribution in [0.3, 0.4) is 0 Å². The predicted molar refractivity (Wildman–Crippen MR) is 101 cm³/mol. The van der Waals surface area contributed by atoms with Crippen molar-refractivity contribution >= 4 is 23.3 Å². The molecule has 30 heavy (non-hydrogen) atoms. The molecule has 0 bridgehead atoms. The molecule has 1 N–H and O–H groups in total. The van der Waals surface area contributed by atoms with Crippen LogP contribution in [0.4, 0.5) is 11.4 Å². The number of carbonyl (C=O) groups is 2. The number of esters is 2. The SMILES string of the molecule is O=C(CC(O)CC(=O)OCc1ccc([N+](=O)[O-])cc1)OCc1ccc([N+](=O)[O-])cc1. The number of non-ortho nitro benzene ring substituents is 2. The van der Waals surface area contributed by atoms with Crippen LogP contribution in [0.2, 0.25) is 0 Å². The maximum atomic E-state index is 11.8. The summed E-state index contributed by atoms with van der Waals surface area (Å²) in [6, 6.07) is 10.9. The third kappa shape index (κ3) is 7.28. The minimum absolute atomic E-state index is 0.0901. The van der Waals surface area contributed by atoms with Crippen molar-refractivity contribution in [2.75, 3.05) is 0 Å². The fourth-order valence-electron chi connectivity index (χ4n) is 2.33. The van der Waals surface area contributed by atoms with Crippen LogP contribution in [0.15, 0.2) is 48.5 Å². The van der Waals surface area contributed by atoms with Crippen molar-refractivity contribution in [3.05, 3.63) is 79.9 Å². The second-order valence-electron chi connectivity index (χ2n) is 6.23. The van der Waals surface area contributed by atoms with Gasteiger partial charge in [0, 0.05) is 24.3 Å². The van der Waals surface area contributed by atoms with Gasteiger partial charge in [-0.15, -0.1) is 0 Å². The summed E-state index contributed by atoms with van der Waals surface area (Å²) in [5.41, 5.74) is 0.886. The van der Waals surface area contributed by atoms with Crippen molar-refractivity contribution in [1.82, 2.24) is 0 Å². The van der Waals surface area contributed by atoms with Crippen molar-refractivity contribution in [1.29, 1.82) is 0 Å². The average molecular weight is 418 g/mol. The molecule has 158 valence electrons. The van der Waals surface area contributed by atoms with Crippen molar-refractivity contribution in [2.24, 2.45) is 0 Å². The molecule has 0 fully saturated rings. The van der Waals surface area contributed by atoms with Crippen LogP contribution in [0.1, 0.15) is 24.0 Å². The van der Waals surface area contributed by atoms with E-state index in [1.54, 1.807) is 0 Å². The van der Waals surface area contributed by atoms with Crippen LogP contribution in [0.5, 0.6) is 0 Å². The standard InChI is InChI=1S/C19H18N2O9/c22-17(9-18(23)29-11-13-1-5-15(6-2-13)20(25)26)10-19(24)30-12-14-3-7-16(8-4-14)21(27)28/h1-8,17,22H,9-12H2. The second kappa shape index (κ2) is 10.6. The molecule has 0 amide bonds. The fourth-order valence-corrected chi connectivity index (χ4v) is 2.33. The Morgan fingerprint density at radius 1 is 0.767 bits per heavy atom. The van der Waals surface area contributed by atoms with Crippen LogP contribution in [-0.2, 0) is 32.3 Å². The lowest BCUT2D eigenvalue weighted by atomic mass is 10.2. The molecule has 0 spiro atoms. The highest BCUT2D eigenvalue weighted by atomic mass is 16.6. The van der Waals surface area contributed by atoms with Gasteiger partial charge in [-0.05, 0) is 35.4 Å². The summed E-state index contributed by atoms with van der Waals surface area (Å²) in [6.45, 7) is -0.262.